The van der Waals surface area contributed by atoms with Crippen LogP contribution in [0.3, 0.4) is 0 Å². The van der Waals surface area contributed by atoms with Gasteiger partial charge < -0.3 is 0 Å². The summed E-state index contributed by atoms with van der Waals surface area (Å²) in [6.07, 6.45) is 3.54. The van der Waals surface area contributed by atoms with Gasteiger partial charge in [-0.15, -0.1) is 0 Å². The molecule has 0 fully saturated rings. The van der Waals surface area contributed by atoms with Crippen molar-refractivity contribution >= 4 is 49.7 Å². The second-order valence-electron chi connectivity index (χ2n) is 9.34. The predicted octanol–water partition coefficient (Wildman–Crippen LogP) is 4.98. The fourth-order valence-electron chi connectivity index (χ4n) is 4.30. The minimum Gasteiger partial charge on any atom is -0.255 e. The van der Waals surface area contributed by atoms with E-state index in [2.05, 4.69) is 9.97 Å². The largest absolute Gasteiger partial charge is 0.255 e. The van der Waals surface area contributed by atoms with Crippen LogP contribution >= 0.6 is 0 Å². The van der Waals surface area contributed by atoms with Crippen molar-refractivity contribution in [1.82, 2.24) is 9.97 Å². The summed E-state index contributed by atoms with van der Waals surface area (Å²) >= 11 is -8.03. The Morgan fingerprint density at radius 3 is 0.957 bits per heavy atom. The average molecular weight is 895 g/mol. The van der Waals surface area contributed by atoms with Crippen molar-refractivity contribution < 1.29 is 47.7 Å². The molecule has 0 aliphatic carbocycles. The van der Waals surface area contributed by atoms with Gasteiger partial charge in [0.2, 0.25) is 0 Å². The maximum absolute atomic E-state index is 13.6. The molecule has 17 heteroatoms. The number of benzene rings is 3. The van der Waals surface area contributed by atoms with E-state index in [9.17, 15) is 43.2 Å². The molecule has 0 radical (unpaired) electrons. The van der Waals surface area contributed by atoms with Gasteiger partial charge in [-0.3, -0.25) is 9.97 Å². The van der Waals surface area contributed by atoms with Gasteiger partial charge in [0.1, 0.15) is 0 Å². The molecule has 47 heavy (non-hydrogen) atoms. The first-order chi connectivity index (χ1) is 22.0. The van der Waals surface area contributed by atoms with Crippen molar-refractivity contribution in [2.75, 3.05) is 0 Å². The zero-order valence-corrected chi connectivity index (χ0v) is 28.8. The third-order valence-electron chi connectivity index (χ3n) is 6.32. The van der Waals surface area contributed by atoms with Gasteiger partial charge in [-0.25, -0.2) is 0 Å². The zero-order chi connectivity index (χ0) is 34.4. The zero-order valence-electron chi connectivity index (χ0n) is 23.7. The van der Waals surface area contributed by atoms with Gasteiger partial charge in [0.15, 0.2) is 0 Å². The molecule has 0 atom stereocenters. The van der Waals surface area contributed by atoms with Crippen molar-refractivity contribution in [3.8, 4) is 11.4 Å². The summed E-state index contributed by atoms with van der Waals surface area (Å²) in [4.78, 5) is 8.37. The molecule has 0 N–H and O–H groups in total. The number of nitrogens with zero attached hydrogens (tertiary/aromatic N) is 2. The Morgan fingerprint density at radius 1 is 0.447 bits per heavy atom. The minimum atomic E-state index is -8.03. The summed E-state index contributed by atoms with van der Waals surface area (Å²) < 4.78 is 140. The second kappa shape index (κ2) is 13.8. The molecule has 0 saturated heterocycles. The number of aromatic nitrogens is 2. The van der Waals surface area contributed by atoms with E-state index in [4.69, 9.17) is 4.52 Å². The summed E-state index contributed by atoms with van der Waals surface area (Å²) in [6.45, 7) is 0. The van der Waals surface area contributed by atoms with E-state index < -0.39 is 60.7 Å². The van der Waals surface area contributed by atoms with E-state index in [-0.39, 0.29) is 0 Å². The fourth-order valence-corrected chi connectivity index (χ4v) is 35.2. The second-order valence-corrected chi connectivity index (χ2v) is 29.3. The van der Waals surface area contributed by atoms with E-state index in [0.29, 0.717) is 0 Å². The fraction of sp³-hybridized carbons (Fsp3) is 0.0667. The summed E-state index contributed by atoms with van der Waals surface area (Å²) in [5, 5.41) is 0. The summed E-state index contributed by atoms with van der Waals surface area (Å²) in [7, 11) is -13.5. The molecule has 0 spiro atoms. The predicted molar refractivity (Wildman–Crippen MR) is 164 cm³/mol. The van der Waals surface area contributed by atoms with Gasteiger partial charge in [-0.1, -0.05) is 12.1 Å². The SMILES string of the molecule is O=S(=O)([O][Bi]([O]S(=O)(=O)C(F)(F)F)([c]1ccccc1)([c]1ccccc1)[c]1ccccc1)C(F)(F)F.c1ccc(-c2ccccn2)nc1. The maximum atomic E-state index is 13.6. The van der Waals surface area contributed by atoms with E-state index in [1.807, 2.05) is 36.4 Å². The van der Waals surface area contributed by atoms with E-state index in [1.165, 1.54) is 54.6 Å². The van der Waals surface area contributed by atoms with Crippen LogP contribution in [0, 0.1) is 0 Å². The van der Waals surface area contributed by atoms with Crippen LogP contribution in [-0.4, -0.2) is 57.5 Å². The molecule has 2 heterocycles. The molecule has 248 valence electrons. The molecule has 0 amide bonds. The van der Waals surface area contributed by atoms with Crippen LogP contribution in [0.4, 0.5) is 26.3 Å². The number of hydrogen-bond acceptors (Lipinski definition) is 8. The Morgan fingerprint density at radius 2 is 0.723 bits per heavy atom. The summed E-state index contributed by atoms with van der Waals surface area (Å²) in [5.41, 5.74) is -10.4. The van der Waals surface area contributed by atoms with Crippen LogP contribution < -0.4 is 9.81 Å². The van der Waals surface area contributed by atoms with Gasteiger partial charge in [-0.2, -0.15) is 0 Å². The molecule has 0 bridgehead atoms. The number of pyridine rings is 2. The van der Waals surface area contributed by atoms with Crippen molar-refractivity contribution in [3.05, 3.63) is 140 Å². The van der Waals surface area contributed by atoms with Crippen LogP contribution in [0.1, 0.15) is 0 Å². The van der Waals surface area contributed by atoms with Crippen LogP contribution in [0.5, 0.6) is 0 Å². The van der Waals surface area contributed by atoms with E-state index >= 15 is 0 Å². The van der Waals surface area contributed by atoms with Gasteiger partial charge >= 0.3 is 199 Å². The molecule has 3 aromatic carbocycles. The minimum absolute atomic E-state index is 0.600. The normalized spacial score (nSPS) is 13.4. The standard InChI is InChI=1S/C10H8N2.3C6H5.2CHF3O3S.Bi/c1-3-7-11-9(5-1)10-6-2-4-8-12-10;3*1-2-4-6-5-3-1;2*2-1(3,4)8(5,6)7;/h1-8H;3*1-5H;2*(H,5,6,7);/q;;;;;;+2/p-2. The molecule has 0 unspecified atom stereocenters. The Hall–Kier alpha value is -3.76. The number of rotatable bonds is 8. The molecule has 5 rings (SSSR count). The Balaban J connectivity index is 0.000000345. The van der Waals surface area contributed by atoms with E-state index in [0.717, 1.165) is 47.8 Å². The van der Waals surface area contributed by atoms with Gasteiger partial charge in [-0.05, 0) is 24.3 Å². The van der Waals surface area contributed by atoms with Crippen molar-refractivity contribution in [2.24, 2.45) is 0 Å². The summed E-state index contributed by atoms with van der Waals surface area (Å²) in [5.74, 6) is 0. The molecule has 0 saturated carbocycles. The third-order valence-corrected chi connectivity index (χ3v) is 34.0. The maximum Gasteiger partial charge on any atom is 0.0886 e. The van der Waals surface area contributed by atoms with Gasteiger partial charge in [0.25, 0.3) is 0 Å². The molecule has 2 aromatic heterocycles. The molecule has 0 aliphatic heterocycles. The molecular weight excluding hydrogens is 871 g/mol. The first-order valence-electron chi connectivity index (χ1n) is 13.1. The third kappa shape index (κ3) is 7.39. The topological polar surface area (TPSA) is 113 Å². The average Bonchev–Trinajstić information content (AvgIpc) is 3.05. The molecule has 0 aliphatic rings. The van der Waals surface area contributed by atoms with Gasteiger partial charge in [0.05, 0.1) is 11.4 Å². The number of halogens is 6. The van der Waals surface area contributed by atoms with Crippen LogP contribution in [0.25, 0.3) is 11.4 Å². The molecule has 8 nitrogen and oxygen atoms in total. The smallest absolute Gasteiger partial charge is 0.0886 e. The number of hydrogen-bond donors (Lipinski definition) is 0. The monoisotopic (exact) mass is 894 g/mol. The van der Waals surface area contributed by atoms with Crippen LogP contribution in [0.2, 0.25) is 0 Å². The van der Waals surface area contributed by atoms with Crippen LogP contribution in [-0.2, 0) is 24.8 Å². The Bertz CT molecular complexity index is 1800. The van der Waals surface area contributed by atoms with Gasteiger partial charge in [0, 0.05) is 12.4 Å². The Kier molecular flexibility index (Phi) is 10.6. The van der Waals surface area contributed by atoms with Crippen molar-refractivity contribution in [3.63, 3.8) is 0 Å². The van der Waals surface area contributed by atoms with E-state index in [1.54, 1.807) is 12.4 Å². The first-order valence-corrected chi connectivity index (χ1v) is 24.0. The first kappa shape index (κ1) is 36.1. The van der Waals surface area contributed by atoms with Crippen molar-refractivity contribution in [2.45, 2.75) is 11.0 Å². The Labute approximate surface area is 268 Å². The number of alkyl halides is 6. The quantitative estimate of drug-likeness (QED) is 0.122. The molecular formula is C30H23BiF6N2O6S2. The van der Waals surface area contributed by atoms with Crippen molar-refractivity contribution in [1.29, 1.82) is 0 Å². The van der Waals surface area contributed by atoms with Crippen LogP contribution in [0.15, 0.2) is 140 Å². The molecule has 5 aromatic rings. The summed E-state index contributed by atoms with van der Waals surface area (Å²) in [6, 6.07) is 28.4.